The average Bonchev–Trinajstić information content (AvgIpc) is 3.26. The molecule has 0 radical (unpaired) electrons. The summed E-state index contributed by atoms with van der Waals surface area (Å²) in [7, 11) is 1.37. The molecule has 2 heterocycles. The maximum absolute atomic E-state index is 14.1. The van der Waals surface area contributed by atoms with Crippen molar-refractivity contribution in [3.8, 4) is 11.5 Å². The first-order valence-electron chi connectivity index (χ1n) is 12.0. The van der Waals surface area contributed by atoms with Crippen LogP contribution in [0.5, 0.6) is 11.5 Å². The molecule has 2 aromatic carbocycles. The lowest BCUT2D eigenvalue weighted by Crippen LogP contribution is -2.60. The largest absolute Gasteiger partial charge is 0.504 e. The van der Waals surface area contributed by atoms with Crippen LogP contribution in [0.3, 0.4) is 0 Å². The highest BCUT2D eigenvalue weighted by Crippen LogP contribution is 2.65. The van der Waals surface area contributed by atoms with Crippen LogP contribution in [-0.4, -0.2) is 45.6 Å². The van der Waals surface area contributed by atoms with Crippen molar-refractivity contribution in [2.75, 3.05) is 12.0 Å². The first kappa shape index (κ1) is 24.9. The monoisotopic (exact) mass is 558 g/mol. The summed E-state index contributed by atoms with van der Waals surface area (Å²) in [5.41, 5.74) is 1.14. The fourth-order valence-electron chi connectivity index (χ4n) is 6.56. The number of carbonyl (C=O) groups is 4. The van der Waals surface area contributed by atoms with E-state index in [2.05, 4.69) is 5.32 Å². The molecule has 2 N–H and O–H groups in total. The number of hydrogen-bond donors (Lipinski definition) is 2. The number of anilines is 1. The van der Waals surface area contributed by atoms with Crippen molar-refractivity contribution >= 4 is 52.5 Å². The number of imide groups is 2. The quantitative estimate of drug-likeness (QED) is 0.339. The fourth-order valence-corrected chi connectivity index (χ4v) is 7.49. The fraction of sp³-hybridized carbons (Fsp3) is 0.333. The number of phenolic OH excluding ortho intramolecular Hbond substituents is 1. The molecule has 8 nitrogen and oxygen atoms in total. The standard InChI is InChI=1S/C27H21Cl2FN2O6/c1-38-19-10-12(2-9-18(19)33)21-15-7-8-16-20(23(35)31-22(16)34)17(15)11-26(28)24(36)32(25(37)27(21,26)29)14-5-3-13(30)4-6-14/h2-7,9-10,16-17,20-21,33H,8,11H2,1H3,(H,31,34,35)/t16-,17+,20-,21-,26+,27-/m0/s1. The molecule has 0 bridgehead atoms. The zero-order valence-electron chi connectivity index (χ0n) is 19.9. The molecule has 0 aromatic heterocycles. The first-order chi connectivity index (χ1) is 18.0. The number of methoxy groups -OCH3 is 1. The lowest BCUT2D eigenvalue weighted by molar-refractivity contribution is -0.127. The Hall–Kier alpha value is -3.43. The highest BCUT2D eigenvalue weighted by atomic mass is 35.5. The van der Waals surface area contributed by atoms with E-state index in [4.69, 9.17) is 27.9 Å². The zero-order chi connectivity index (χ0) is 27.1. The van der Waals surface area contributed by atoms with Crippen LogP contribution in [0.25, 0.3) is 0 Å². The van der Waals surface area contributed by atoms with Crippen LogP contribution in [0.4, 0.5) is 10.1 Å². The lowest BCUT2D eigenvalue weighted by Gasteiger charge is -2.50. The van der Waals surface area contributed by atoms with Gasteiger partial charge in [-0.05, 0) is 60.7 Å². The van der Waals surface area contributed by atoms with Gasteiger partial charge in [0.2, 0.25) is 11.8 Å². The van der Waals surface area contributed by atoms with Gasteiger partial charge in [-0.25, -0.2) is 9.29 Å². The van der Waals surface area contributed by atoms with Gasteiger partial charge in [0.1, 0.15) is 5.82 Å². The summed E-state index contributed by atoms with van der Waals surface area (Å²) in [6.45, 7) is 0. The number of amides is 4. The van der Waals surface area contributed by atoms with Crippen molar-refractivity contribution < 1.29 is 33.4 Å². The number of phenols is 1. The van der Waals surface area contributed by atoms with Gasteiger partial charge in [-0.2, -0.15) is 0 Å². The van der Waals surface area contributed by atoms with Gasteiger partial charge in [0.15, 0.2) is 21.2 Å². The molecular weight excluding hydrogens is 538 g/mol. The number of nitrogens with zero attached hydrogens (tertiary/aromatic N) is 1. The van der Waals surface area contributed by atoms with Crippen molar-refractivity contribution in [1.82, 2.24) is 5.32 Å². The number of allylic oxidation sites excluding steroid dienone is 2. The average molecular weight is 559 g/mol. The molecule has 3 fully saturated rings. The minimum atomic E-state index is -2.05. The van der Waals surface area contributed by atoms with E-state index in [1.807, 2.05) is 0 Å². The van der Waals surface area contributed by atoms with Crippen molar-refractivity contribution in [3.05, 3.63) is 65.5 Å². The number of benzene rings is 2. The van der Waals surface area contributed by atoms with Gasteiger partial charge in [0.25, 0.3) is 11.8 Å². The SMILES string of the molecule is COc1cc([C@H]2C3=CC[C@@H]4C(=O)NC(=O)[C@@H]4[C@@H]3C[C@@]3(Cl)C(=O)N(c4ccc(F)cc4)C(=O)[C@@]23Cl)ccc1O. The molecule has 2 saturated heterocycles. The third kappa shape index (κ3) is 3.09. The van der Waals surface area contributed by atoms with E-state index in [9.17, 15) is 28.7 Å². The Labute approximate surface area is 226 Å². The predicted molar refractivity (Wildman–Crippen MR) is 134 cm³/mol. The van der Waals surface area contributed by atoms with E-state index in [0.717, 1.165) is 17.0 Å². The van der Waals surface area contributed by atoms with Crippen LogP contribution >= 0.6 is 23.2 Å². The second-order valence-corrected chi connectivity index (χ2v) is 11.3. The summed E-state index contributed by atoms with van der Waals surface area (Å²) < 4.78 is 18.9. The Balaban J connectivity index is 1.58. The van der Waals surface area contributed by atoms with Crippen molar-refractivity contribution in [2.24, 2.45) is 17.8 Å². The van der Waals surface area contributed by atoms with Gasteiger partial charge in [-0.15, -0.1) is 23.2 Å². The molecule has 6 rings (SSSR count). The van der Waals surface area contributed by atoms with Gasteiger partial charge in [0, 0.05) is 5.92 Å². The number of fused-ring (bicyclic) bond motifs is 4. The zero-order valence-corrected chi connectivity index (χ0v) is 21.4. The van der Waals surface area contributed by atoms with Crippen molar-refractivity contribution in [3.63, 3.8) is 0 Å². The Morgan fingerprint density at radius 3 is 2.42 bits per heavy atom. The Morgan fingerprint density at radius 1 is 1.03 bits per heavy atom. The highest BCUT2D eigenvalue weighted by Gasteiger charge is 2.76. The van der Waals surface area contributed by atoms with Crippen LogP contribution in [-0.2, 0) is 19.2 Å². The molecule has 6 atom stereocenters. The van der Waals surface area contributed by atoms with Crippen LogP contribution in [0.15, 0.2) is 54.1 Å². The van der Waals surface area contributed by atoms with Gasteiger partial charge in [-0.3, -0.25) is 24.5 Å². The molecule has 2 aliphatic carbocycles. The number of aromatic hydroxyl groups is 1. The number of nitrogens with one attached hydrogen (secondary N) is 1. The summed E-state index contributed by atoms with van der Waals surface area (Å²) >= 11 is 14.4. The minimum absolute atomic E-state index is 0.0986. The molecule has 2 aromatic rings. The van der Waals surface area contributed by atoms with Crippen LogP contribution in [0.1, 0.15) is 24.3 Å². The Bertz CT molecular complexity index is 1460. The molecular formula is C27H21Cl2FN2O6. The number of carbonyl (C=O) groups excluding carboxylic acids is 4. The molecule has 1 saturated carbocycles. The van der Waals surface area contributed by atoms with E-state index in [1.165, 1.54) is 31.4 Å². The van der Waals surface area contributed by atoms with E-state index in [-0.39, 0.29) is 30.0 Å². The molecule has 0 spiro atoms. The second kappa shape index (κ2) is 8.28. The summed E-state index contributed by atoms with van der Waals surface area (Å²) in [4.78, 5) is 50.3. The molecule has 0 unspecified atom stereocenters. The van der Waals surface area contributed by atoms with E-state index < -0.39 is 62.9 Å². The first-order valence-corrected chi connectivity index (χ1v) is 12.7. The third-order valence-corrected chi connectivity index (χ3v) is 9.69. The summed E-state index contributed by atoms with van der Waals surface area (Å²) in [6.07, 6.45) is 1.87. The van der Waals surface area contributed by atoms with Gasteiger partial charge in [0.05, 0.1) is 24.6 Å². The van der Waals surface area contributed by atoms with Crippen LogP contribution in [0, 0.1) is 23.6 Å². The van der Waals surface area contributed by atoms with E-state index >= 15 is 0 Å². The van der Waals surface area contributed by atoms with Crippen molar-refractivity contribution in [2.45, 2.75) is 28.5 Å². The van der Waals surface area contributed by atoms with Gasteiger partial charge in [-0.1, -0.05) is 17.7 Å². The number of hydrogen-bond acceptors (Lipinski definition) is 6. The van der Waals surface area contributed by atoms with E-state index in [1.54, 1.807) is 12.1 Å². The summed E-state index contributed by atoms with van der Waals surface area (Å²) in [5, 5.41) is 12.6. The van der Waals surface area contributed by atoms with Crippen LogP contribution < -0.4 is 15.0 Å². The van der Waals surface area contributed by atoms with Crippen LogP contribution in [0.2, 0.25) is 0 Å². The number of halogens is 3. The number of alkyl halides is 2. The highest BCUT2D eigenvalue weighted by molar-refractivity contribution is 6.58. The smallest absolute Gasteiger partial charge is 0.258 e. The molecule has 4 aliphatic rings. The van der Waals surface area contributed by atoms with Gasteiger partial charge < -0.3 is 9.84 Å². The normalized spacial score (nSPS) is 33.9. The van der Waals surface area contributed by atoms with E-state index in [0.29, 0.717) is 11.1 Å². The maximum Gasteiger partial charge on any atom is 0.258 e. The predicted octanol–water partition coefficient (Wildman–Crippen LogP) is 3.39. The van der Waals surface area contributed by atoms with Gasteiger partial charge >= 0.3 is 0 Å². The summed E-state index contributed by atoms with van der Waals surface area (Å²) in [5.74, 6) is -6.15. The molecule has 11 heteroatoms. The Kier molecular flexibility index (Phi) is 5.42. The molecule has 4 amide bonds. The third-order valence-electron chi connectivity index (χ3n) is 8.28. The lowest BCUT2D eigenvalue weighted by atomic mass is 9.56. The number of ether oxygens (including phenoxy) is 1. The molecule has 2 aliphatic heterocycles. The molecule has 38 heavy (non-hydrogen) atoms. The molecule has 196 valence electrons. The maximum atomic E-state index is 14.1. The van der Waals surface area contributed by atoms with Crippen molar-refractivity contribution in [1.29, 1.82) is 0 Å². The Morgan fingerprint density at radius 2 is 1.74 bits per heavy atom. The second-order valence-electron chi connectivity index (χ2n) is 10.0. The minimum Gasteiger partial charge on any atom is -0.504 e. The topological polar surface area (TPSA) is 113 Å². The number of rotatable bonds is 3. The summed E-state index contributed by atoms with van der Waals surface area (Å²) in [6, 6.07) is 9.24.